The normalized spacial score (nSPS) is 15.2. The molecule has 1 atom stereocenters. The molecule has 0 aromatic heterocycles. The summed E-state index contributed by atoms with van der Waals surface area (Å²) >= 11 is 0. The number of piperazine rings is 1. The first-order chi connectivity index (χ1) is 20.8. The molecule has 1 heterocycles. The summed E-state index contributed by atoms with van der Waals surface area (Å²) in [6, 6.07) is 0. The van der Waals surface area contributed by atoms with Crippen LogP contribution in [0.5, 0.6) is 0 Å². The molecule has 1 rings (SSSR count). The maximum atomic E-state index is 12.2. The van der Waals surface area contributed by atoms with Gasteiger partial charge in [-0.3, -0.25) is 4.90 Å². The van der Waals surface area contributed by atoms with E-state index in [1.807, 2.05) is 25.7 Å². The molecule has 0 bridgehead atoms. The zero-order valence-corrected chi connectivity index (χ0v) is 29.4. The van der Waals surface area contributed by atoms with Crippen molar-refractivity contribution in [2.24, 2.45) is 0 Å². The summed E-state index contributed by atoms with van der Waals surface area (Å²) in [5.41, 5.74) is -0.415. The van der Waals surface area contributed by atoms with Crippen LogP contribution in [0.15, 0.2) is 0 Å². The topological polar surface area (TPSA) is 65.0 Å². The zero-order valence-electron chi connectivity index (χ0n) is 29.4. The molecule has 6 heteroatoms. The summed E-state index contributed by atoms with van der Waals surface area (Å²) in [7, 11) is 0. The van der Waals surface area contributed by atoms with Crippen LogP contribution < -0.4 is 5.32 Å². The first-order valence-electron chi connectivity index (χ1n) is 18.9. The Morgan fingerprint density at radius 3 is 1.63 bits per heavy atom. The van der Waals surface area contributed by atoms with Gasteiger partial charge in [-0.25, -0.2) is 4.79 Å². The van der Waals surface area contributed by atoms with Crippen LogP contribution in [0.25, 0.3) is 0 Å². The van der Waals surface area contributed by atoms with Crippen molar-refractivity contribution in [1.82, 2.24) is 15.1 Å². The van der Waals surface area contributed by atoms with Crippen LogP contribution in [-0.4, -0.2) is 78.5 Å². The van der Waals surface area contributed by atoms with E-state index in [1.54, 1.807) is 0 Å². The third-order valence-corrected chi connectivity index (χ3v) is 8.90. The molecule has 0 unspecified atom stereocenters. The van der Waals surface area contributed by atoms with Gasteiger partial charge in [-0.1, -0.05) is 129 Å². The van der Waals surface area contributed by atoms with E-state index >= 15 is 0 Å². The number of hydrogen-bond donors (Lipinski definition) is 2. The second-order valence-electron chi connectivity index (χ2n) is 14.4. The van der Waals surface area contributed by atoms with E-state index < -0.39 is 5.60 Å². The molecule has 1 aliphatic rings. The standard InChI is InChI=1S/C37H75N3O3/c1-5-6-7-8-9-10-11-12-14-17-20-23-26-35(41)27-29-38-28-24-21-18-15-13-16-19-22-25-30-39-31-33-40(34-32-39)36(42)43-37(2,3)4/h35,38,41H,5-34H2,1-4H3/t35-/m1/s1. The summed E-state index contributed by atoms with van der Waals surface area (Å²) in [6.45, 7) is 14.8. The molecule has 43 heavy (non-hydrogen) atoms. The predicted octanol–water partition coefficient (Wildman–Crippen LogP) is 9.48. The fourth-order valence-electron chi connectivity index (χ4n) is 6.06. The van der Waals surface area contributed by atoms with Crippen molar-refractivity contribution in [3.63, 3.8) is 0 Å². The first-order valence-corrected chi connectivity index (χ1v) is 18.9. The number of nitrogens with one attached hydrogen (secondary N) is 1. The largest absolute Gasteiger partial charge is 0.444 e. The molecular formula is C37H75N3O3. The van der Waals surface area contributed by atoms with Gasteiger partial charge in [-0.15, -0.1) is 0 Å². The van der Waals surface area contributed by atoms with E-state index in [0.717, 1.165) is 58.7 Å². The molecule has 0 aromatic rings. The average molecular weight is 610 g/mol. The van der Waals surface area contributed by atoms with Crippen LogP contribution in [0.2, 0.25) is 0 Å². The van der Waals surface area contributed by atoms with Gasteiger partial charge in [0.15, 0.2) is 0 Å². The molecule has 6 nitrogen and oxygen atoms in total. The minimum atomic E-state index is -0.415. The van der Waals surface area contributed by atoms with Crippen molar-refractivity contribution in [1.29, 1.82) is 0 Å². The van der Waals surface area contributed by atoms with E-state index in [4.69, 9.17) is 4.74 Å². The van der Waals surface area contributed by atoms with Crippen LogP contribution in [0.3, 0.4) is 0 Å². The number of rotatable bonds is 28. The lowest BCUT2D eigenvalue weighted by molar-refractivity contribution is 0.0144. The molecule has 1 amide bonds. The lowest BCUT2D eigenvalue weighted by Crippen LogP contribution is -2.50. The Morgan fingerprint density at radius 2 is 1.12 bits per heavy atom. The van der Waals surface area contributed by atoms with Gasteiger partial charge in [0.1, 0.15) is 5.60 Å². The summed E-state index contributed by atoms with van der Waals surface area (Å²) in [6.07, 6.45) is 30.1. The van der Waals surface area contributed by atoms with Crippen molar-refractivity contribution < 1.29 is 14.6 Å². The second kappa shape index (κ2) is 27.5. The molecule has 0 aliphatic carbocycles. The van der Waals surface area contributed by atoms with Crippen molar-refractivity contribution in [3.8, 4) is 0 Å². The lowest BCUT2D eigenvalue weighted by atomic mass is 10.0. The van der Waals surface area contributed by atoms with Gasteiger partial charge in [0.2, 0.25) is 0 Å². The van der Waals surface area contributed by atoms with E-state index in [9.17, 15) is 9.90 Å². The lowest BCUT2D eigenvalue weighted by Gasteiger charge is -2.35. The number of amides is 1. The Hall–Kier alpha value is -0.850. The van der Waals surface area contributed by atoms with Crippen molar-refractivity contribution in [2.75, 3.05) is 45.8 Å². The zero-order chi connectivity index (χ0) is 31.4. The fourth-order valence-corrected chi connectivity index (χ4v) is 6.06. The molecule has 0 radical (unpaired) electrons. The molecule has 256 valence electrons. The van der Waals surface area contributed by atoms with Crippen molar-refractivity contribution >= 4 is 6.09 Å². The number of nitrogens with zero attached hydrogens (tertiary/aromatic N) is 2. The smallest absolute Gasteiger partial charge is 0.410 e. The number of unbranched alkanes of at least 4 members (excludes halogenated alkanes) is 19. The quantitative estimate of drug-likeness (QED) is 0.0865. The van der Waals surface area contributed by atoms with Crippen molar-refractivity contribution in [2.45, 2.75) is 187 Å². The Balaban J connectivity index is 1.76. The molecule has 1 aliphatic heterocycles. The van der Waals surface area contributed by atoms with Gasteiger partial charge in [-0.05, 0) is 66.1 Å². The molecule has 0 aromatic carbocycles. The van der Waals surface area contributed by atoms with Crippen LogP contribution in [0.4, 0.5) is 4.79 Å². The third-order valence-electron chi connectivity index (χ3n) is 8.90. The molecule has 1 saturated heterocycles. The van der Waals surface area contributed by atoms with Gasteiger partial charge in [0.05, 0.1) is 6.10 Å². The van der Waals surface area contributed by atoms with E-state index in [1.165, 1.54) is 135 Å². The molecule has 0 spiro atoms. The predicted molar refractivity (Wildman–Crippen MR) is 185 cm³/mol. The number of hydrogen-bond acceptors (Lipinski definition) is 5. The minimum absolute atomic E-state index is 0.120. The fraction of sp³-hybridized carbons (Fsp3) is 0.973. The minimum Gasteiger partial charge on any atom is -0.444 e. The van der Waals surface area contributed by atoms with Crippen molar-refractivity contribution in [3.05, 3.63) is 0 Å². The summed E-state index contributed by atoms with van der Waals surface area (Å²) in [5, 5.41) is 13.8. The van der Waals surface area contributed by atoms with Crippen LogP contribution in [0, 0.1) is 0 Å². The van der Waals surface area contributed by atoms with Crippen LogP contribution >= 0.6 is 0 Å². The van der Waals surface area contributed by atoms with Gasteiger partial charge in [0, 0.05) is 26.2 Å². The van der Waals surface area contributed by atoms with Gasteiger partial charge in [0.25, 0.3) is 0 Å². The first kappa shape index (κ1) is 40.2. The van der Waals surface area contributed by atoms with Crippen LogP contribution in [-0.2, 0) is 4.74 Å². The molecule has 0 saturated carbocycles. The number of ether oxygens (including phenoxy) is 1. The number of aliphatic hydroxyl groups is 1. The Labute approximate surface area is 268 Å². The number of aliphatic hydroxyl groups excluding tert-OH is 1. The SMILES string of the molecule is CCCCCCCCCCCCCC[C@@H](O)CCNCCCCCCCCCCCN1CCN(C(=O)OC(C)(C)C)CC1. The third kappa shape index (κ3) is 26.1. The highest BCUT2D eigenvalue weighted by Crippen LogP contribution is 2.15. The highest BCUT2D eigenvalue weighted by Gasteiger charge is 2.25. The molecule has 2 N–H and O–H groups in total. The average Bonchev–Trinajstić information content (AvgIpc) is 2.97. The van der Waals surface area contributed by atoms with E-state index in [-0.39, 0.29) is 12.2 Å². The molecular weight excluding hydrogens is 534 g/mol. The number of carbonyl (C=O) groups is 1. The summed E-state index contributed by atoms with van der Waals surface area (Å²) in [5.74, 6) is 0. The maximum absolute atomic E-state index is 12.2. The number of carbonyl (C=O) groups excluding carboxylic acids is 1. The summed E-state index contributed by atoms with van der Waals surface area (Å²) < 4.78 is 5.49. The van der Waals surface area contributed by atoms with Gasteiger partial charge >= 0.3 is 6.09 Å². The van der Waals surface area contributed by atoms with E-state index in [2.05, 4.69) is 17.1 Å². The molecule has 1 fully saturated rings. The van der Waals surface area contributed by atoms with Gasteiger partial charge in [-0.2, -0.15) is 0 Å². The van der Waals surface area contributed by atoms with Crippen LogP contribution in [0.1, 0.15) is 175 Å². The Morgan fingerprint density at radius 1 is 0.651 bits per heavy atom. The van der Waals surface area contributed by atoms with E-state index in [0.29, 0.717) is 0 Å². The Bertz CT molecular complexity index is 617. The summed E-state index contributed by atoms with van der Waals surface area (Å²) in [4.78, 5) is 16.5. The Kier molecular flexibility index (Phi) is 25.7. The van der Waals surface area contributed by atoms with Gasteiger partial charge < -0.3 is 20.1 Å². The second-order valence-corrected chi connectivity index (χ2v) is 14.4. The monoisotopic (exact) mass is 610 g/mol. The highest BCUT2D eigenvalue weighted by molar-refractivity contribution is 5.68. The highest BCUT2D eigenvalue weighted by atomic mass is 16.6. The maximum Gasteiger partial charge on any atom is 0.410 e.